The molecule has 8 aromatic carbocycles. The van der Waals surface area contributed by atoms with E-state index in [1.54, 1.807) is 91.3 Å². The van der Waals surface area contributed by atoms with Crippen LogP contribution in [0.5, 0.6) is 0 Å². The Morgan fingerprint density at radius 3 is 1.25 bits per heavy atom. The van der Waals surface area contributed by atoms with E-state index in [4.69, 9.17) is 0 Å². The van der Waals surface area contributed by atoms with Gasteiger partial charge in [0.2, 0.25) is 5.82 Å². The molecule has 0 saturated heterocycles. The summed E-state index contributed by atoms with van der Waals surface area (Å²) in [5.74, 6) is -11.6. The molecule has 12 rings (SSSR count). The molecule has 0 aliphatic rings. The minimum Gasteiger partial charge on any atom is -0.309 e. The van der Waals surface area contributed by atoms with E-state index in [-0.39, 0.29) is 11.0 Å². The summed E-state index contributed by atoms with van der Waals surface area (Å²) in [6.07, 6.45) is -1.91. The van der Waals surface area contributed by atoms with Gasteiger partial charge in [0.1, 0.15) is 5.56 Å². The zero-order valence-electron chi connectivity index (χ0n) is 36.8. The minimum absolute atomic E-state index is 0.162. The number of benzene rings is 8. The number of halogens is 8. The molecule has 344 valence electrons. The maximum Gasteiger partial charge on any atom is 0.420 e. The molecule has 0 fully saturated rings. The van der Waals surface area contributed by atoms with E-state index in [9.17, 15) is 4.39 Å². The van der Waals surface area contributed by atoms with E-state index in [0.29, 0.717) is 43.7 Å². The van der Waals surface area contributed by atoms with Crippen LogP contribution in [0.4, 0.5) is 35.1 Å². The zero-order valence-corrected chi connectivity index (χ0v) is 36.8. The maximum absolute atomic E-state index is 16.7. The fourth-order valence-corrected chi connectivity index (χ4v) is 9.82. The third-order valence-corrected chi connectivity index (χ3v) is 13.1. The Balaban J connectivity index is 1.12. The molecule has 4 aromatic heterocycles. The summed E-state index contributed by atoms with van der Waals surface area (Å²) in [6, 6.07) is 52.5. The number of nitrogens with zero attached hydrogens (tertiary/aromatic N) is 4. The second-order valence-corrected chi connectivity index (χ2v) is 17.1. The lowest BCUT2D eigenvalue weighted by Crippen LogP contribution is -2.17. The van der Waals surface area contributed by atoms with Crippen LogP contribution in [-0.4, -0.2) is 19.1 Å². The van der Waals surface area contributed by atoms with Gasteiger partial charge in [0.05, 0.1) is 50.4 Å². The summed E-state index contributed by atoms with van der Waals surface area (Å²) in [7, 11) is 0. The second-order valence-electron chi connectivity index (χ2n) is 17.1. The van der Waals surface area contributed by atoms with Gasteiger partial charge in [0, 0.05) is 61.8 Å². The van der Waals surface area contributed by atoms with Gasteiger partial charge >= 0.3 is 6.18 Å². The summed E-state index contributed by atoms with van der Waals surface area (Å²) in [5, 5.41) is 2.07. The first-order valence-electron chi connectivity index (χ1n) is 22.3. The van der Waals surface area contributed by atoms with Crippen molar-refractivity contribution in [1.82, 2.24) is 19.1 Å². The highest BCUT2D eigenvalue weighted by Crippen LogP contribution is 2.49. The molecule has 0 aliphatic heterocycles. The summed E-state index contributed by atoms with van der Waals surface area (Å²) in [6.45, 7) is 0. The Morgan fingerprint density at radius 1 is 0.352 bits per heavy atom. The molecule has 71 heavy (non-hydrogen) atoms. The van der Waals surface area contributed by atoms with E-state index in [1.807, 2.05) is 91.0 Å². The van der Waals surface area contributed by atoms with Crippen molar-refractivity contribution in [2.24, 2.45) is 0 Å². The van der Waals surface area contributed by atoms with Crippen molar-refractivity contribution in [2.75, 3.05) is 0 Å². The van der Waals surface area contributed by atoms with Crippen LogP contribution in [0.15, 0.2) is 194 Å². The number of rotatable bonds is 7. The van der Waals surface area contributed by atoms with Gasteiger partial charge in [0.25, 0.3) is 0 Å². The van der Waals surface area contributed by atoms with Crippen molar-refractivity contribution in [1.29, 1.82) is 0 Å². The molecule has 12 heteroatoms. The standard InChI is InChI=1S/C59H32F8N4/c60-53-51(54(61)56(63)57(64)55(53)62)41-23-28-50(70-46-17-9-7-15-39(46)42-29-35(21-26-48(42)70)37-19-24-44(68-31-37)33-11-3-1-4-12-33)52(59(65,66)67)58(41)71-47-18-10-8-16-40(47)43-30-36(22-27-49(43)71)38-20-25-45(69-32-38)34-13-5-2-6-14-34/h1-32H. The average molecular weight is 949 g/mol. The van der Waals surface area contributed by atoms with Crippen molar-refractivity contribution in [2.45, 2.75) is 6.18 Å². The SMILES string of the molecule is Fc1c(F)c(F)c(-c2ccc(-n3c4ccccc4c4cc(-c5ccc(-c6ccccc6)nc5)ccc43)c(C(F)(F)F)c2-n2c3ccccc3c3cc(-c4ccc(-c5ccccc5)nc4)ccc32)c(F)c1F. The van der Waals surface area contributed by atoms with E-state index in [1.165, 1.54) is 9.13 Å². The quantitative estimate of drug-likeness (QED) is 0.0907. The topological polar surface area (TPSA) is 35.6 Å². The summed E-state index contributed by atoms with van der Waals surface area (Å²) >= 11 is 0. The zero-order chi connectivity index (χ0) is 48.7. The Morgan fingerprint density at radius 2 is 0.775 bits per heavy atom. The van der Waals surface area contributed by atoms with Gasteiger partial charge in [-0.25, -0.2) is 22.0 Å². The number of aromatic nitrogens is 4. The van der Waals surface area contributed by atoms with Crippen molar-refractivity contribution in [3.8, 4) is 67.3 Å². The van der Waals surface area contributed by atoms with Crippen LogP contribution in [0.1, 0.15) is 5.56 Å². The van der Waals surface area contributed by atoms with Crippen molar-refractivity contribution >= 4 is 43.6 Å². The molecule has 4 heterocycles. The average Bonchev–Trinajstić information content (AvgIpc) is 3.92. The van der Waals surface area contributed by atoms with Crippen LogP contribution in [0.2, 0.25) is 0 Å². The lowest BCUT2D eigenvalue weighted by molar-refractivity contribution is -0.137. The molecule has 0 aliphatic carbocycles. The smallest absolute Gasteiger partial charge is 0.309 e. The van der Waals surface area contributed by atoms with Gasteiger partial charge in [0.15, 0.2) is 23.3 Å². The number of fused-ring (bicyclic) bond motifs is 6. The number of hydrogen-bond acceptors (Lipinski definition) is 2. The second kappa shape index (κ2) is 16.7. The third kappa shape index (κ3) is 7.04. The molecule has 0 N–H and O–H groups in total. The molecule has 0 unspecified atom stereocenters. The van der Waals surface area contributed by atoms with Gasteiger partial charge in [-0.1, -0.05) is 121 Å². The van der Waals surface area contributed by atoms with Crippen LogP contribution in [-0.2, 0) is 6.18 Å². The van der Waals surface area contributed by atoms with Crippen LogP contribution in [0.3, 0.4) is 0 Å². The van der Waals surface area contributed by atoms with E-state index in [0.717, 1.165) is 45.8 Å². The normalized spacial score (nSPS) is 11.9. The Hall–Kier alpha value is -8.90. The highest BCUT2D eigenvalue weighted by molar-refractivity contribution is 6.13. The van der Waals surface area contributed by atoms with Crippen LogP contribution in [0.25, 0.3) is 111 Å². The molecule has 12 aromatic rings. The highest BCUT2D eigenvalue weighted by atomic mass is 19.4. The van der Waals surface area contributed by atoms with Gasteiger partial charge in [-0.3, -0.25) is 9.97 Å². The van der Waals surface area contributed by atoms with E-state index < -0.39 is 63.3 Å². The Kier molecular flexibility index (Phi) is 10.2. The first kappa shape index (κ1) is 43.4. The number of alkyl halides is 3. The maximum atomic E-state index is 16.7. The molecular formula is C59H32F8N4. The molecule has 0 radical (unpaired) electrons. The first-order chi connectivity index (χ1) is 34.5. The predicted octanol–water partition coefficient (Wildman–Crippen LogP) is 16.7. The fourth-order valence-electron chi connectivity index (χ4n) is 9.82. The summed E-state index contributed by atoms with van der Waals surface area (Å²) in [4.78, 5) is 9.33. The molecule has 0 atom stereocenters. The monoisotopic (exact) mass is 948 g/mol. The van der Waals surface area contributed by atoms with Gasteiger partial charge in [-0.2, -0.15) is 13.2 Å². The van der Waals surface area contributed by atoms with Gasteiger partial charge < -0.3 is 9.13 Å². The Bertz CT molecular complexity index is 4040. The van der Waals surface area contributed by atoms with E-state index >= 15 is 30.7 Å². The predicted molar refractivity (Wildman–Crippen MR) is 263 cm³/mol. The number of para-hydroxylation sites is 2. The molecular weight excluding hydrogens is 917 g/mol. The number of hydrogen-bond donors (Lipinski definition) is 0. The lowest BCUT2D eigenvalue weighted by atomic mass is 9.95. The summed E-state index contributed by atoms with van der Waals surface area (Å²) in [5.41, 5.74) is 2.10. The Labute approximate surface area is 399 Å². The molecule has 0 amide bonds. The van der Waals surface area contributed by atoms with Gasteiger partial charge in [-0.05, 0) is 71.8 Å². The minimum atomic E-state index is -5.32. The molecule has 4 nitrogen and oxygen atoms in total. The summed E-state index contributed by atoms with van der Waals surface area (Å²) < 4.78 is 130. The fraction of sp³-hybridized carbons (Fsp3) is 0.0169. The largest absolute Gasteiger partial charge is 0.420 e. The van der Waals surface area contributed by atoms with Crippen molar-refractivity contribution < 1.29 is 35.1 Å². The van der Waals surface area contributed by atoms with Gasteiger partial charge in [-0.15, -0.1) is 0 Å². The van der Waals surface area contributed by atoms with Crippen LogP contribution >= 0.6 is 0 Å². The van der Waals surface area contributed by atoms with Crippen molar-refractivity contribution in [3.05, 3.63) is 229 Å². The first-order valence-corrected chi connectivity index (χ1v) is 22.3. The van der Waals surface area contributed by atoms with E-state index in [2.05, 4.69) is 9.97 Å². The lowest BCUT2D eigenvalue weighted by Gasteiger charge is -2.25. The molecule has 0 bridgehead atoms. The molecule has 0 saturated carbocycles. The highest BCUT2D eigenvalue weighted by Gasteiger charge is 2.42. The third-order valence-electron chi connectivity index (χ3n) is 13.1. The molecule has 0 spiro atoms. The van der Waals surface area contributed by atoms with Crippen LogP contribution < -0.4 is 0 Å². The van der Waals surface area contributed by atoms with Crippen LogP contribution in [0, 0.1) is 29.1 Å². The van der Waals surface area contributed by atoms with Crippen molar-refractivity contribution in [3.63, 3.8) is 0 Å². The number of pyridine rings is 2.